The average molecular weight is 319 g/mol. The van der Waals surface area contributed by atoms with E-state index in [2.05, 4.69) is 10.6 Å². The van der Waals surface area contributed by atoms with Crippen LogP contribution < -0.4 is 10.6 Å². The lowest BCUT2D eigenvalue weighted by molar-refractivity contribution is -0.121. The van der Waals surface area contributed by atoms with Gasteiger partial charge < -0.3 is 10.6 Å². The highest BCUT2D eigenvalue weighted by atomic mass is 35.5. The maximum atomic E-state index is 13.1. The summed E-state index contributed by atoms with van der Waals surface area (Å²) in [5, 5.41) is 6.25. The van der Waals surface area contributed by atoms with Crippen LogP contribution in [0.25, 0.3) is 0 Å². The number of hydrogen-bond acceptors (Lipinski definition) is 2. The molecule has 1 fully saturated rings. The largest absolute Gasteiger partial charge is 0.353 e. The number of piperidine rings is 1. The van der Waals surface area contributed by atoms with Gasteiger partial charge in [0.05, 0.1) is 6.42 Å². The van der Waals surface area contributed by atoms with E-state index in [1.54, 1.807) is 0 Å². The Bertz CT molecular complexity index is 479. The maximum absolute atomic E-state index is 13.1. The van der Waals surface area contributed by atoms with Gasteiger partial charge in [-0.1, -0.05) is 6.07 Å². The molecule has 1 aromatic rings. The van der Waals surface area contributed by atoms with Crippen LogP contribution in [0.4, 0.5) is 8.78 Å². The van der Waals surface area contributed by atoms with Crippen LogP contribution in [-0.4, -0.2) is 25.0 Å². The number of hydrogen-bond donors (Lipinski definition) is 2. The van der Waals surface area contributed by atoms with E-state index in [1.165, 1.54) is 6.07 Å². The minimum Gasteiger partial charge on any atom is -0.353 e. The van der Waals surface area contributed by atoms with Crippen LogP contribution in [0.2, 0.25) is 0 Å². The van der Waals surface area contributed by atoms with E-state index in [-0.39, 0.29) is 30.8 Å². The Hall–Kier alpha value is -1.20. The van der Waals surface area contributed by atoms with Crippen LogP contribution >= 0.6 is 12.4 Å². The van der Waals surface area contributed by atoms with Crippen molar-refractivity contribution in [3.05, 3.63) is 35.4 Å². The van der Waals surface area contributed by atoms with E-state index in [9.17, 15) is 13.6 Å². The van der Waals surface area contributed by atoms with E-state index in [0.717, 1.165) is 38.1 Å². The second-order valence-electron chi connectivity index (χ2n) is 5.39. The zero-order valence-electron chi connectivity index (χ0n) is 12.0. The van der Waals surface area contributed by atoms with E-state index >= 15 is 0 Å². The number of carbonyl (C=O) groups excluding carboxylic acids is 1. The van der Waals surface area contributed by atoms with Gasteiger partial charge in [-0.25, -0.2) is 8.78 Å². The first-order valence-electron chi connectivity index (χ1n) is 7.00. The second-order valence-corrected chi connectivity index (χ2v) is 5.39. The van der Waals surface area contributed by atoms with Crippen LogP contribution in [0.15, 0.2) is 18.2 Å². The number of amides is 1. The van der Waals surface area contributed by atoms with Crippen molar-refractivity contribution < 1.29 is 13.6 Å². The van der Waals surface area contributed by atoms with E-state index in [0.29, 0.717) is 11.5 Å². The topological polar surface area (TPSA) is 41.1 Å². The lowest BCUT2D eigenvalue weighted by Gasteiger charge is -2.29. The summed E-state index contributed by atoms with van der Waals surface area (Å²) >= 11 is 0. The molecular formula is C15H21ClF2N2O. The SMILES string of the molecule is CC(NC(=O)Cc1ccc(F)c(F)c1)C1CCCNC1.Cl. The third kappa shape index (κ3) is 5.25. The highest BCUT2D eigenvalue weighted by molar-refractivity contribution is 5.85. The molecule has 0 radical (unpaired) electrons. The second kappa shape index (κ2) is 8.29. The van der Waals surface area contributed by atoms with Gasteiger partial charge >= 0.3 is 0 Å². The molecule has 6 heteroatoms. The van der Waals surface area contributed by atoms with Crippen molar-refractivity contribution in [3.8, 4) is 0 Å². The van der Waals surface area contributed by atoms with Crippen molar-refractivity contribution in [1.82, 2.24) is 10.6 Å². The Morgan fingerprint density at radius 3 is 2.81 bits per heavy atom. The molecule has 1 aliphatic rings. The van der Waals surface area contributed by atoms with Gasteiger partial charge in [0, 0.05) is 6.04 Å². The van der Waals surface area contributed by atoms with Gasteiger partial charge in [0.2, 0.25) is 5.91 Å². The summed E-state index contributed by atoms with van der Waals surface area (Å²) in [4.78, 5) is 11.9. The van der Waals surface area contributed by atoms with E-state index in [4.69, 9.17) is 0 Å². The molecule has 2 atom stereocenters. The predicted octanol–water partition coefficient (Wildman–Crippen LogP) is 2.43. The zero-order chi connectivity index (χ0) is 14.5. The lowest BCUT2D eigenvalue weighted by atomic mass is 9.92. The third-order valence-corrected chi connectivity index (χ3v) is 3.78. The van der Waals surface area contributed by atoms with Crippen LogP contribution in [0.3, 0.4) is 0 Å². The highest BCUT2D eigenvalue weighted by Gasteiger charge is 2.21. The average Bonchev–Trinajstić information content (AvgIpc) is 2.44. The van der Waals surface area contributed by atoms with Crippen molar-refractivity contribution >= 4 is 18.3 Å². The molecule has 0 saturated carbocycles. The fraction of sp³-hybridized carbons (Fsp3) is 0.533. The molecule has 1 heterocycles. The van der Waals surface area contributed by atoms with E-state index < -0.39 is 11.6 Å². The van der Waals surface area contributed by atoms with Crippen LogP contribution in [0.5, 0.6) is 0 Å². The first-order chi connectivity index (χ1) is 9.56. The van der Waals surface area contributed by atoms with Gasteiger partial charge in [0.15, 0.2) is 11.6 Å². The molecule has 0 aliphatic carbocycles. The van der Waals surface area contributed by atoms with Crippen molar-refractivity contribution in [1.29, 1.82) is 0 Å². The summed E-state index contributed by atoms with van der Waals surface area (Å²) in [6.45, 7) is 3.93. The third-order valence-electron chi connectivity index (χ3n) is 3.78. The molecule has 1 amide bonds. The minimum atomic E-state index is -0.917. The molecule has 2 N–H and O–H groups in total. The van der Waals surface area contributed by atoms with Gasteiger partial charge in [0.25, 0.3) is 0 Å². The number of nitrogens with one attached hydrogen (secondary N) is 2. The summed E-state index contributed by atoms with van der Waals surface area (Å²) in [6.07, 6.45) is 2.29. The Kier molecular flexibility index (Phi) is 7.05. The maximum Gasteiger partial charge on any atom is 0.224 e. The van der Waals surface area contributed by atoms with Gasteiger partial charge in [-0.15, -0.1) is 12.4 Å². The fourth-order valence-electron chi connectivity index (χ4n) is 2.56. The first kappa shape index (κ1) is 17.9. The van der Waals surface area contributed by atoms with Gasteiger partial charge in [-0.2, -0.15) is 0 Å². The number of carbonyl (C=O) groups is 1. The highest BCUT2D eigenvalue weighted by Crippen LogP contribution is 2.14. The first-order valence-corrected chi connectivity index (χ1v) is 7.00. The quantitative estimate of drug-likeness (QED) is 0.895. The van der Waals surface area contributed by atoms with Crippen molar-refractivity contribution in [2.45, 2.75) is 32.2 Å². The summed E-state index contributed by atoms with van der Waals surface area (Å²) < 4.78 is 25.9. The standard InChI is InChI=1S/C15H20F2N2O.ClH/c1-10(12-3-2-6-18-9-12)19-15(20)8-11-4-5-13(16)14(17)7-11;/h4-5,7,10,12,18H,2-3,6,8-9H2,1H3,(H,19,20);1H. The van der Waals surface area contributed by atoms with Crippen LogP contribution in [-0.2, 0) is 11.2 Å². The van der Waals surface area contributed by atoms with Gasteiger partial charge in [-0.3, -0.25) is 4.79 Å². The number of benzene rings is 1. The van der Waals surface area contributed by atoms with Gasteiger partial charge in [-0.05, 0) is 56.5 Å². The predicted molar refractivity (Wildman–Crippen MR) is 80.5 cm³/mol. The van der Waals surface area contributed by atoms with Crippen LogP contribution in [0, 0.1) is 17.6 Å². The molecule has 1 aliphatic heterocycles. The molecule has 1 saturated heterocycles. The van der Waals surface area contributed by atoms with Crippen molar-refractivity contribution in [3.63, 3.8) is 0 Å². The number of rotatable bonds is 4. The molecule has 0 spiro atoms. The van der Waals surface area contributed by atoms with Crippen LogP contribution in [0.1, 0.15) is 25.3 Å². The summed E-state index contributed by atoms with van der Waals surface area (Å²) in [6, 6.07) is 3.64. The molecule has 118 valence electrons. The number of halogens is 3. The normalized spacial score (nSPS) is 19.5. The monoisotopic (exact) mass is 318 g/mol. The fourth-order valence-corrected chi connectivity index (χ4v) is 2.56. The molecule has 0 bridgehead atoms. The Morgan fingerprint density at radius 1 is 1.43 bits per heavy atom. The zero-order valence-corrected chi connectivity index (χ0v) is 12.8. The smallest absolute Gasteiger partial charge is 0.224 e. The summed E-state index contributed by atoms with van der Waals surface area (Å²) in [5.41, 5.74) is 0.482. The Labute approximate surface area is 129 Å². The molecule has 2 unspecified atom stereocenters. The molecule has 21 heavy (non-hydrogen) atoms. The molecular weight excluding hydrogens is 298 g/mol. The molecule has 3 nitrogen and oxygen atoms in total. The lowest BCUT2D eigenvalue weighted by Crippen LogP contribution is -2.45. The van der Waals surface area contributed by atoms with Crippen molar-refractivity contribution in [2.75, 3.05) is 13.1 Å². The van der Waals surface area contributed by atoms with E-state index in [1.807, 2.05) is 6.92 Å². The molecule has 0 aromatic heterocycles. The Balaban J connectivity index is 0.00000220. The van der Waals surface area contributed by atoms with Gasteiger partial charge in [0.1, 0.15) is 0 Å². The molecule has 2 rings (SSSR count). The minimum absolute atomic E-state index is 0. The Morgan fingerprint density at radius 2 is 2.19 bits per heavy atom. The van der Waals surface area contributed by atoms with Crippen molar-refractivity contribution in [2.24, 2.45) is 5.92 Å². The molecule has 1 aromatic carbocycles. The summed E-state index contributed by atoms with van der Waals surface area (Å²) in [5.74, 6) is -1.54. The summed E-state index contributed by atoms with van der Waals surface area (Å²) in [7, 11) is 0.